The van der Waals surface area contributed by atoms with Crippen LogP contribution in [0.15, 0.2) is 72.1 Å². The van der Waals surface area contributed by atoms with Crippen LogP contribution in [0.2, 0.25) is 0 Å². The number of ether oxygens (including phenoxy) is 1. The van der Waals surface area contributed by atoms with Crippen LogP contribution in [0.1, 0.15) is 40.6 Å². The van der Waals surface area contributed by atoms with Gasteiger partial charge in [0.05, 0.1) is 12.0 Å². The van der Waals surface area contributed by atoms with Crippen LogP contribution in [0.5, 0.6) is 5.75 Å². The lowest BCUT2D eigenvalue weighted by Crippen LogP contribution is -2.39. The standard InChI is InChI=1S/C26H30N2O3S/c1-20(18-22-12-6-7-13-23(22)31-2)28(19-21-10-4-3-5-11-21)25(29)15-8-16-27-26(30)24-14-9-17-32-24/h3-7,9-14,17,20H,8,15-16,18-19H2,1-2H3,(H,27,30). The number of rotatable bonds is 11. The molecule has 2 amide bonds. The minimum Gasteiger partial charge on any atom is -0.496 e. The lowest BCUT2D eigenvalue weighted by atomic mass is 10.0. The molecule has 1 N–H and O–H groups in total. The Balaban J connectivity index is 1.62. The highest BCUT2D eigenvalue weighted by molar-refractivity contribution is 7.12. The normalized spacial score (nSPS) is 11.6. The summed E-state index contributed by atoms with van der Waals surface area (Å²) < 4.78 is 5.49. The molecule has 3 aromatic rings. The van der Waals surface area contributed by atoms with E-state index in [0.29, 0.717) is 37.2 Å². The van der Waals surface area contributed by atoms with E-state index in [1.54, 1.807) is 13.2 Å². The number of benzene rings is 2. The van der Waals surface area contributed by atoms with Crippen LogP contribution in [0, 0.1) is 0 Å². The largest absolute Gasteiger partial charge is 0.496 e. The third-order valence-electron chi connectivity index (χ3n) is 5.35. The Kier molecular flexibility index (Phi) is 8.87. The molecule has 1 aromatic heterocycles. The smallest absolute Gasteiger partial charge is 0.261 e. The number of hydrogen-bond donors (Lipinski definition) is 1. The first-order valence-electron chi connectivity index (χ1n) is 10.9. The van der Waals surface area contributed by atoms with Gasteiger partial charge in [-0.2, -0.15) is 0 Å². The predicted molar refractivity (Wildman–Crippen MR) is 129 cm³/mol. The summed E-state index contributed by atoms with van der Waals surface area (Å²) in [6.45, 7) is 3.10. The average Bonchev–Trinajstić information content (AvgIpc) is 3.36. The maximum Gasteiger partial charge on any atom is 0.261 e. The molecule has 0 saturated carbocycles. The van der Waals surface area contributed by atoms with Gasteiger partial charge in [0.1, 0.15) is 5.75 Å². The fraction of sp³-hybridized carbons (Fsp3) is 0.308. The molecule has 0 bridgehead atoms. The van der Waals surface area contributed by atoms with E-state index in [0.717, 1.165) is 16.9 Å². The van der Waals surface area contributed by atoms with Crippen LogP contribution < -0.4 is 10.1 Å². The van der Waals surface area contributed by atoms with Gasteiger partial charge in [0.15, 0.2) is 0 Å². The maximum atomic E-state index is 13.2. The van der Waals surface area contributed by atoms with Gasteiger partial charge in [-0.05, 0) is 48.4 Å². The molecule has 6 heteroatoms. The molecule has 0 aliphatic carbocycles. The van der Waals surface area contributed by atoms with Crippen LogP contribution in [0.4, 0.5) is 0 Å². The number of thiophene rings is 1. The Morgan fingerprint density at radius 2 is 1.78 bits per heavy atom. The van der Waals surface area contributed by atoms with Crippen molar-refractivity contribution in [2.24, 2.45) is 0 Å². The summed E-state index contributed by atoms with van der Waals surface area (Å²) in [6, 6.07) is 21.6. The molecule has 0 fully saturated rings. The molecular weight excluding hydrogens is 420 g/mol. The van der Waals surface area contributed by atoms with Crippen molar-refractivity contribution in [2.45, 2.75) is 38.8 Å². The topological polar surface area (TPSA) is 58.6 Å². The van der Waals surface area contributed by atoms with E-state index in [-0.39, 0.29) is 17.9 Å². The molecule has 0 saturated heterocycles. The van der Waals surface area contributed by atoms with Crippen LogP contribution in [-0.4, -0.2) is 36.4 Å². The summed E-state index contributed by atoms with van der Waals surface area (Å²) >= 11 is 1.41. The van der Waals surface area contributed by atoms with Gasteiger partial charge in [0.25, 0.3) is 5.91 Å². The second-order valence-corrected chi connectivity index (χ2v) is 8.66. The summed E-state index contributed by atoms with van der Waals surface area (Å²) in [7, 11) is 1.67. The Hall–Kier alpha value is -3.12. The van der Waals surface area contributed by atoms with Crippen LogP contribution in [-0.2, 0) is 17.8 Å². The summed E-state index contributed by atoms with van der Waals surface area (Å²) in [4.78, 5) is 27.9. The van der Waals surface area contributed by atoms with Crippen molar-refractivity contribution in [2.75, 3.05) is 13.7 Å². The van der Waals surface area contributed by atoms with Gasteiger partial charge in [-0.25, -0.2) is 0 Å². The zero-order valence-corrected chi connectivity index (χ0v) is 19.4. The number of para-hydroxylation sites is 1. The van der Waals surface area contributed by atoms with Gasteiger partial charge in [0.2, 0.25) is 5.91 Å². The number of nitrogens with zero attached hydrogens (tertiary/aromatic N) is 1. The van der Waals surface area contributed by atoms with Gasteiger partial charge in [-0.1, -0.05) is 54.6 Å². The molecule has 168 valence electrons. The van der Waals surface area contributed by atoms with Crippen molar-refractivity contribution < 1.29 is 14.3 Å². The first-order chi connectivity index (χ1) is 15.6. The molecule has 1 unspecified atom stereocenters. The van der Waals surface area contributed by atoms with E-state index in [9.17, 15) is 9.59 Å². The summed E-state index contributed by atoms with van der Waals surface area (Å²) in [5.74, 6) is 0.836. The molecule has 0 spiro atoms. The fourth-order valence-corrected chi connectivity index (χ4v) is 4.29. The monoisotopic (exact) mass is 450 g/mol. The molecule has 0 aliphatic heterocycles. The zero-order valence-electron chi connectivity index (χ0n) is 18.6. The number of nitrogens with one attached hydrogen (secondary N) is 1. The second kappa shape index (κ2) is 12.1. The highest BCUT2D eigenvalue weighted by Crippen LogP contribution is 2.22. The lowest BCUT2D eigenvalue weighted by Gasteiger charge is -2.30. The summed E-state index contributed by atoms with van der Waals surface area (Å²) in [5.41, 5.74) is 2.18. The third-order valence-corrected chi connectivity index (χ3v) is 6.22. The summed E-state index contributed by atoms with van der Waals surface area (Å²) in [6.07, 6.45) is 1.69. The minimum atomic E-state index is -0.0851. The quantitative estimate of drug-likeness (QED) is 0.422. The number of amides is 2. The van der Waals surface area contributed by atoms with Crippen LogP contribution in [0.25, 0.3) is 0 Å². The number of hydrogen-bond acceptors (Lipinski definition) is 4. The molecule has 3 rings (SSSR count). The van der Waals surface area contributed by atoms with E-state index in [1.165, 1.54) is 11.3 Å². The van der Waals surface area contributed by atoms with Crippen LogP contribution in [0.3, 0.4) is 0 Å². The van der Waals surface area contributed by atoms with E-state index in [4.69, 9.17) is 4.74 Å². The number of carbonyl (C=O) groups excluding carboxylic acids is 2. The number of methoxy groups -OCH3 is 1. The van der Waals surface area contributed by atoms with Crippen molar-refractivity contribution in [3.8, 4) is 5.75 Å². The van der Waals surface area contributed by atoms with E-state index < -0.39 is 0 Å². The van der Waals surface area contributed by atoms with E-state index >= 15 is 0 Å². The highest BCUT2D eigenvalue weighted by atomic mass is 32.1. The Morgan fingerprint density at radius 3 is 2.50 bits per heavy atom. The summed E-state index contributed by atoms with van der Waals surface area (Å²) in [5, 5.41) is 4.78. The molecule has 5 nitrogen and oxygen atoms in total. The second-order valence-electron chi connectivity index (χ2n) is 7.71. The molecular formula is C26H30N2O3S. The molecule has 32 heavy (non-hydrogen) atoms. The van der Waals surface area contributed by atoms with Gasteiger partial charge in [-0.3, -0.25) is 9.59 Å². The maximum absolute atomic E-state index is 13.2. The Labute approximate surface area is 194 Å². The van der Waals surface area contributed by atoms with Gasteiger partial charge in [-0.15, -0.1) is 11.3 Å². The number of carbonyl (C=O) groups is 2. The average molecular weight is 451 g/mol. The van der Waals surface area contributed by atoms with E-state index in [1.807, 2.05) is 70.9 Å². The lowest BCUT2D eigenvalue weighted by molar-refractivity contribution is -0.134. The van der Waals surface area contributed by atoms with E-state index in [2.05, 4.69) is 12.2 Å². The Bertz CT molecular complexity index is 989. The van der Waals surface area contributed by atoms with Gasteiger partial charge >= 0.3 is 0 Å². The van der Waals surface area contributed by atoms with Gasteiger partial charge in [0, 0.05) is 25.6 Å². The third kappa shape index (κ3) is 6.69. The fourth-order valence-electron chi connectivity index (χ4n) is 3.65. The zero-order chi connectivity index (χ0) is 22.8. The van der Waals surface area contributed by atoms with Crippen molar-refractivity contribution >= 4 is 23.2 Å². The minimum absolute atomic E-state index is 0.000263. The Morgan fingerprint density at radius 1 is 1.03 bits per heavy atom. The van der Waals surface area contributed by atoms with Crippen molar-refractivity contribution in [3.05, 3.63) is 88.1 Å². The molecule has 0 radical (unpaired) electrons. The molecule has 2 aromatic carbocycles. The van der Waals surface area contributed by atoms with Crippen molar-refractivity contribution in [1.29, 1.82) is 0 Å². The van der Waals surface area contributed by atoms with Crippen molar-refractivity contribution in [3.63, 3.8) is 0 Å². The van der Waals surface area contributed by atoms with Crippen molar-refractivity contribution in [1.82, 2.24) is 10.2 Å². The first kappa shape index (κ1) is 23.5. The first-order valence-corrected chi connectivity index (χ1v) is 11.7. The van der Waals surface area contributed by atoms with Gasteiger partial charge < -0.3 is 15.0 Å². The molecule has 1 atom stereocenters. The highest BCUT2D eigenvalue weighted by Gasteiger charge is 2.21. The van der Waals surface area contributed by atoms with Crippen LogP contribution >= 0.6 is 11.3 Å². The molecule has 1 heterocycles. The SMILES string of the molecule is COc1ccccc1CC(C)N(Cc1ccccc1)C(=O)CCCNC(=O)c1cccs1. The predicted octanol–water partition coefficient (Wildman–Crippen LogP) is 4.93. The molecule has 0 aliphatic rings.